The number of nitrogens with one attached hydrogen (secondary N) is 1. The summed E-state index contributed by atoms with van der Waals surface area (Å²) in [5.41, 5.74) is 0.898. The molecule has 0 radical (unpaired) electrons. The lowest BCUT2D eigenvalue weighted by Gasteiger charge is -2.09. The van der Waals surface area contributed by atoms with Crippen molar-refractivity contribution in [2.45, 2.75) is 6.54 Å². The summed E-state index contributed by atoms with van der Waals surface area (Å²) in [5.74, 6) is 1.25. The topological polar surface area (TPSA) is 47.6 Å². The van der Waals surface area contributed by atoms with Gasteiger partial charge >= 0.3 is 6.09 Å². The minimum atomic E-state index is -0.489. The van der Waals surface area contributed by atoms with E-state index in [4.69, 9.17) is 9.47 Å². The van der Waals surface area contributed by atoms with E-state index in [-0.39, 0.29) is 0 Å². The number of para-hydroxylation sites is 2. The molecule has 98 valence electrons. The molecule has 0 aliphatic carbocycles. The number of methoxy groups -OCH3 is 1. The van der Waals surface area contributed by atoms with Gasteiger partial charge in [0.05, 0.1) is 7.11 Å². The fourth-order valence-electron chi connectivity index (χ4n) is 1.65. The third-order valence-electron chi connectivity index (χ3n) is 2.57. The maximum absolute atomic E-state index is 11.6. The zero-order valence-electron chi connectivity index (χ0n) is 10.6. The van der Waals surface area contributed by atoms with E-state index in [1.165, 1.54) is 0 Å². The standard InChI is InChI=1S/C15H15NO3/c1-18-14-10-6-5-7-12(14)11-16-15(17)19-13-8-3-2-4-9-13/h2-10H,11H2,1H3,(H,16,17). The third-order valence-corrected chi connectivity index (χ3v) is 2.57. The lowest BCUT2D eigenvalue weighted by molar-refractivity contribution is 0.200. The number of rotatable bonds is 4. The summed E-state index contributed by atoms with van der Waals surface area (Å²) < 4.78 is 10.3. The van der Waals surface area contributed by atoms with Gasteiger partial charge in [0.1, 0.15) is 11.5 Å². The average Bonchev–Trinajstić information content (AvgIpc) is 2.46. The van der Waals surface area contributed by atoms with Gasteiger partial charge in [0.25, 0.3) is 0 Å². The van der Waals surface area contributed by atoms with Gasteiger partial charge in [-0.05, 0) is 18.2 Å². The van der Waals surface area contributed by atoms with Crippen LogP contribution in [0.15, 0.2) is 54.6 Å². The Balaban J connectivity index is 1.90. The van der Waals surface area contributed by atoms with E-state index in [0.717, 1.165) is 11.3 Å². The molecule has 0 atom stereocenters. The molecule has 2 rings (SSSR count). The molecule has 0 aliphatic rings. The van der Waals surface area contributed by atoms with Crippen molar-refractivity contribution in [3.8, 4) is 11.5 Å². The number of carbonyl (C=O) groups is 1. The summed E-state index contributed by atoms with van der Waals surface area (Å²) in [6, 6.07) is 16.4. The maximum atomic E-state index is 11.6. The minimum absolute atomic E-state index is 0.357. The molecule has 4 heteroatoms. The fourth-order valence-corrected chi connectivity index (χ4v) is 1.65. The highest BCUT2D eigenvalue weighted by molar-refractivity contribution is 5.70. The Morgan fingerprint density at radius 3 is 2.47 bits per heavy atom. The molecule has 0 saturated heterocycles. The molecule has 1 amide bonds. The van der Waals surface area contributed by atoms with Crippen LogP contribution in [0.5, 0.6) is 11.5 Å². The van der Waals surface area contributed by atoms with E-state index < -0.39 is 6.09 Å². The molecule has 0 bridgehead atoms. The van der Waals surface area contributed by atoms with Gasteiger partial charge < -0.3 is 14.8 Å². The number of hydrogen-bond donors (Lipinski definition) is 1. The molecule has 2 aromatic carbocycles. The zero-order valence-corrected chi connectivity index (χ0v) is 10.6. The number of ether oxygens (including phenoxy) is 2. The first-order valence-corrected chi connectivity index (χ1v) is 5.92. The summed E-state index contributed by atoms with van der Waals surface area (Å²) in [4.78, 5) is 11.6. The Morgan fingerprint density at radius 2 is 1.74 bits per heavy atom. The number of benzene rings is 2. The molecule has 2 aromatic rings. The second kappa shape index (κ2) is 6.44. The van der Waals surface area contributed by atoms with Crippen molar-refractivity contribution in [2.75, 3.05) is 7.11 Å². The lowest BCUT2D eigenvalue weighted by atomic mass is 10.2. The summed E-state index contributed by atoms with van der Waals surface area (Å²) >= 11 is 0. The van der Waals surface area contributed by atoms with Crippen LogP contribution in [0.3, 0.4) is 0 Å². The molecule has 0 aliphatic heterocycles. The van der Waals surface area contributed by atoms with Crippen LogP contribution in [-0.4, -0.2) is 13.2 Å². The summed E-state index contributed by atoms with van der Waals surface area (Å²) in [6.07, 6.45) is -0.489. The van der Waals surface area contributed by atoms with Crippen molar-refractivity contribution in [3.05, 3.63) is 60.2 Å². The van der Waals surface area contributed by atoms with Crippen LogP contribution in [-0.2, 0) is 6.54 Å². The van der Waals surface area contributed by atoms with Crippen molar-refractivity contribution in [1.82, 2.24) is 5.32 Å². The largest absolute Gasteiger partial charge is 0.496 e. The monoisotopic (exact) mass is 257 g/mol. The molecule has 0 heterocycles. The highest BCUT2D eigenvalue weighted by Gasteiger charge is 2.06. The summed E-state index contributed by atoms with van der Waals surface area (Å²) in [5, 5.41) is 2.68. The Bertz CT molecular complexity index is 540. The first-order chi connectivity index (χ1) is 9.29. The zero-order chi connectivity index (χ0) is 13.5. The van der Waals surface area contributed by atoms with Crippen LogP contribution in [0.25, 0.3) is 0 Å². The van der Waals surface area contributed by atoms with E-state index in [9.17, 15) is 4.79 Å². The average molecular weight is 257 g/mol. The van der Waals surface area contributed by atoms with Crippen LogP contribution in [0, 0.1) is 0 Å². The van der Waals surface area contributed by atoms with Gasteiger partial charge in [0, 0.05) is 12.1 Å². The quantitative estimate of drug-likeness (QED) is 0.916. The summed E-state index contributed by atoms with van der Waals surface area (Å²) in [6.45, 7) is 0.357. The van der Waals surface area contributed by atoms with Gasteiger partial charge in [-0.3, -0.25) is 0 Å². The molecule has 1 N–H and O–H groups in total. The molecule has 0 unspecified atom stereocenters. The van der Waals surface area contributed by atoms with E-state index in [2.05, 4.69) is 5.32 Å². The van der Waals surface area contributed by atoms with E-state index >= 15 is 0 Å². The molecule has 0 saturated carbocycles. The van der Waals surface area contributed by atoms with Crippen molar-refractivity contribution in [2.24, 2.45) is 0 Å². The Labute approximate surface area is 112 Å². The van der Waals surface area contributed by atoms with Crippen molar-refractivity contribution in [3.63, 3.8) is 0 Å². The Morgan fingerprint density at radius 1 is 1.05 bits per heavy atom. The predicted octanol–water partition coefficient (Wildman–Crippen LogP) is 2.98. The first kappa shape index (κ1) is 13.0. The van der Waals surface area contributed by atoms with Gasteiger partial charge in [0.2, 0.25) is 0 Å². The Kier molecular flexibility index (Phi) is 4.39. The van der Waals surface area contributed by atoms with Crippen LogP contribution >= 0.6 is 0 Å². The highest BCUT2D eigenvalue weighted by atomic mass is 16.6. The summed E-state index contributed by atoms with van der Waals surface area (Å²) in [7, 11) is 1.60. The molecular formula is C15H15NO3. The van der Waals surface area contributed by atoms with Gasteiger partial charge in [-0.15, -0.1) is 0 Å². The van der Waals surface area contributed by atoms with Crippen LogP contribution in [0.4, 0.5) is 4.79 Å². The maximum Gasteiger partial charge on any atom is 0.412 e. The smallest absolute Gasteiger partial charge is 0.412 e. The van der Waals surface area contributed by atoms with E-state index in [1.54, 1.807) is 19.2 Å². The number of amides is 1. The number of carbonyl (C=O) groups excluding carboxylic acids is 1. The lowest BCUT2D eigenvalue weighted by Crippen LogP contribution is -2.26. The molecule has 19 heavy (non-hydrogen) atoms. The van der Waals surface area contributed by atoms with Gasteiger partial charge in [-0.25, -0.2) is 4.79 Å². The van der Waals surface area contributed by atoms with Crippen molar-refractivity contribution < 1.29 is 14.3 Å². The molecule has 4 nitrogen and oxygen atoms in total. The second-order valence-corrected chi connectivity index (χ2v) is 3.87. The second-order valence-electron chi connectivity index (χ2n) is 3.87. The van der Waals surface area contributed by atoms with Crippen molar-refractivity contribution in [1.29, 1.82) is 0 Å². The van der Waals surface area contributed by atoms with E-state index in [0.29, 0.717) is 12.3 Å². The molecule has 0 aromatic heterocycles. The predicted molar refractivity (Wildman–Crippen MR) is 72.3 cm³/mol. The van der Waals surface area contributed by atoms with Gasteiger partial charge in [-0.1, -0.05) is 36.4 Å². The fraction of sp³-hybridized carbons (Fsp3) is 0.133. The van der Waals surface area contributed by atoms with Gasteiger partial charge in [-0.2, -0.15) is 0 Å². The van der Waals surface area contributed by atoms with E-state index in [1.807, 2.05) is 42.5 Å². The van der Waals surface area contributed by atoms with Gasteiger partial charge in [0.15, 0.2) is 0 Å². The normalized spacial score (nSPS) is 9.74. The SMILES string of the molecule is COc1ccccc1CNC(=O)Oc1ccccc1. The highest BCUT2D eigenvalue weighted by Crippen LogP contribution is 2.16. The van der Waals surface area contributed by atoms with Crippen LogP contribution in [0.2, 0.25) is 0 Å². The van der Waals surface area contributed by atoms with Crippen LogP contribution < -0.4 is 14.8 Å². The first-order valence-electron chi connectivity index (χ1n) is 5.92. The Hall–Kier alpha value is -2.49. The van der Waals surface area contributed by atoms with Crippen LogP contribution in [0.1, 0.15) is 5.56 Å². The molecule has 0 spiro atoms. The molecule has 0 fully saturated rings. The third kappa shape index (κ3) is 3.74. The molecular weight excluding hydrogens is 242 g/mol. The minimum Gasteiger partial charge on any atom is -0.496 e. The van der Waals surface area contributed by atoms with Crippen molar-refractivity contribution >= 4 is 6.09 Å². The number of hydrogen-bond acceptors (Lipinski definition) is 3.